The second-order valence-electron chi connectivity index (χ2n) is 6.32. The molecular formula is C13H21FN3O5PS. The van der Waals surface area contributed by atoms with Gasteiger partial charge in [-0.2, -0.15) is 4.98 Å². The molecule has 24 heavy (non-hydrogen) atoms. The average molecular weight is 381 g/mol. The maximum atomic E-state index is 14.3. The molecule has 11 heteroatoms. The molecule has 0 aromatic carbocycles. The van der Waals surface area contributed by atoms with E-state index in [0.29, 0.717) is 0 Å². The molecule has 0 saturated carbocycles. The van der Waals surface area contributed by atoms with E-state index in [1.54, 1.807) is 20.8 Å². The molecule has 0 radical (unpaired) electrons. The van der Waals surface area contributed by atoms with Gasteiger partial charge in [-0.25, -0.2) is 9.18 Å². The van der Waals surface area contributed by atoms with Gasteiger partial charge in [0.05, 0.1) is 17.5 Å². The molecule has 1 unspecified atom stereocenters. The van der Waals surface area contributed by atoms with E-state index >= 15 is 0 Å². The maximum Gasteiger partial charge on any atom is 0.350 e. The SMILES string of the molecule is CC(C)(C)O[PH](=O)OC[C@H]1S[C@@H](n2ccc(N)nc2=O)[C@@H](F)[C@@H]1O. The number of rotatable bonds is 5. The fourth-order valence-corrected chi connectivity index (χ4v) is 4.53. The van der Waals surface area contributed by atoms with Crippen molar-refractivity contribution < 1.29 is 23.1 Å². The van der Waals surface area contributed by atoms with Gasteiger partial charge >= 0.3 is 13.9 Å². The number of hydrogen-bond acceptors (Lipinski definition) is 8. The Morgan fingerprint density at radius 2 is 2.21 bits per heavy atom. The van der Waals surface area contributed by atoms with Gasteiger partial charge in [-0.05, 0) is 26.8 Å². The summed E-state index contributed by atoms with van der Waals surface area (Å²) in [6.07, 6.45) is -1.73. The lowest BCUT2D eigenvalue weighted by molar-refractivity contribution is 0.0596. The first-order valence-electron chi connectivity index (χ1n) is 7.26. The molecule has 136 valence electrons. The van der Waals surface area contributed by atoms with Crippen LogP contribution in [0, 0.1) is 0 Å². The summed E-state index contributed by atoms with van der Waals surface area (Å²) in [6, 6.07) is 1.38. The van der Waals surface area contributed by atoms with Gasteiger partial charge in [-0.3, -0.25) is 9.13 Å². The lowest BCUT2D eigenvalue weighted by Gasteiger charge is -2.20. The molecule has 1 fully saturated rings. The predicted molar refractivity (Wildman–Crippen MR) is 90.0 cm³/mol. The number of aliphatic hydroxyl groups excluding tert-OH is 1. The third-order valence-corrected chi connectivity index (χ3v) is 5.89. The molecule has 1 aliphatic heterocycles. The maximum absolute atomic E-state index is 14.3. The highest BCUT2D eigenvalue weighted by molar-refractivity contribution is 8.00. The average Bonchev–Trinajstić information content (AvgIpc) is 2.71. The first-order chi connectivity index (χ1) is 11.1. The summed E-state index contributed by atoms with van der Waals surface area (Å²) in [5.74, 6) is 0.0352. The zero-order valence-corrected chi connectivity index (χ0v) is 15.3. The van der Waals surface area contributed by atoms with E-state index in [1.807, 2.05) is 0 Å². The molecule has 0 aliphatic carbocycles. The van der Waals surface area contributed by atoms with Gasteiger partial charge in [0.15, 0.2) is 6.17 Å². The number of thioether (sulfide) groups is 1. The molecular weight excluding hydrogens is 360 g/mol. The number of nitrogens with two attached hydrogens (primary N) is 1. The lowest BCUT2D eigenvalue weighted by atomic mass is 10.1. The van der Waals surface area contributed by atoms with Crippen molar-refractivity contribution in [3.8, 4) is 0 Å². The Hall–Kier alpha value is -0.930. The van der Waals surface area contributed by atoms with Crippen molar-refractivity contribution in [1.82, 2.24) is 9.55 Å². The Bertz CT molecular complexity index is 668. The van der Waals surface area contributed by atoms with Gasteiger partial charge < -0.3 is 19.9 Å². The standard InChI is InChI=1S/C13H21FN3O5PS/c1-13(2,3)22-23(20)21-6-7-10(18)9(14)11(24-7)17-5-4-8(15)16-12(17)19/h4-5,7,9-11,18,23H,6H2,1-3H3,(H2,15,16,19)/t7-,9+,10-,11-/m1/s1. The smallest absolute Gasteiger partial charge is 0.350 e. The minimum Gasteiger partial charge on any atom is -0.389 e. The molecule has 1 aliphatic rings. The van der Waals surface area contributed by atoms with Crippen LogP contribution in [0.3, 0.4) is 0 Å². The number of anilines is 1. The van der Waals surface area contributed by atoms with E-state index < -0.39 is 42.4 Å². The molecule has 0 amide bonds. The van der Waals surface area contributed by atoms with Gasteiger partial charge in [-0.15, -0.1) is 11.8 Å². The molecule has 1 aromatic rings. The van der Waals surface area contributed by atoms with Gasteiger partial charge in [0.1, 0.15) is 17.3 Å². The van der Waals surface area contributed by atoms with Crippen LogP contribution in [0.25, 0.3) is 0 Å². The van der Waals surface area contributed by atoms with Crippen LogP contribution in [0.1, 0.15) is 26.1 Å². The van der Waals surface area contributed by atoms with Crippen molar-refractivity contribution in [2.45, 2.75) is 49.3 Å². The molecule has 1 aromatic heterocycles. The van der Waals surface area contributed by atoms with Crippen LogP contribution in [0.2, 0.25) is 0 Å². The van der Waals surface area contributed by atoms with Crippen molar-refractivity contribution in [3.05, 3.63) is 22.7 Å². The summed E-state index contributed by atoms with van der Waals surface area (Å²) in [5, 5.41) is 8.37. The second-order valence-corrected chi connectivity index (χ2v) is 8.67. The fourth-order valence-electron chi connectivity index (χ4n) is 2.11. The van der Waals surface area contributed by atoms with E-state index in [9.17, 15) is 18.9 Å². The zero-order chi connectivity index (χ0) is 18.1. The Labute approximate surface area is 143 Å². The van der Waals surface area contributed by atoms with Gasteiger partial charge in [0, 0.05) is 6.20 Å². The molecule has 5 atom stereocenters. The first kappa shape index (κ1) is 19.4. The topological polar surface area (TPSA) is 117 Å². The molecule has 3 N–H and O–H groups in total. The molecule has 0 spiro atoms. The summed E-state index contributed by atoms with van der Waals surface area (Å²) in [6.45, 7) is 5.03. The van der Waals surface area contributed by atoms with Crippen molar-refractivity contribution in [2.75, 3.05) is 12.3 Å². The Morgan fingerprint density at radius 3 is 2.79 bits per heavy atom. The summed E-state index contributed by atoms with van der Waals surface area (Å²) in [5.41, 5.74) is 4.07. The fraction of sp³-hybridized carbons (Fsp3) is 0.692. The van der Waals surface area contributed by atoms with Crippen LogP contribution in [-0.4, -0.2) is 44.4 Å². The highest BCUT2D eigenvalue weighted by Gasteiger charge is 2.45. The first-order valence-corrected chi connectivity index (χ1v) is 9.43. The number of hydrogen-bond donors (Lipinski definition) is 2. The molecule has 1 saturated heterocycles. The summed E-state index contributed by atoms with van der Waals surface area (Å²) in [4.78, 5) is 15.4. The normalized spacial score (nSPS) is 28.9. The molecule has 2 heterocycles. The van der Waals surface area contributed by atoms with Crippen LogP contribution in [-0.2, 0) is 13.6 Å². The van der Waals surface area contributed by atoms with E-state index in [2.05, 4.69) is 4.98 Å². The van der Waals surface area contributed by atoms with Crippen molar-refractivity contribution in [3.63, 3.8) is 0 Å². The number of nitrogens with zero attached hydrogens (tertiary/aromatic N) is 2. The minimum atomic E-state index is -2.76. The number of alkyl halides is 1. The Morgan fingerprint density at radius 1 is 1.54 bits per heavy atom. The summed E-state index contributed by atoms with van der Waals surface area (Å²) in [7, 11) is -2.76. The van der Waals surface area contributed by atoms with Gasteiger partial charge in [0.2, 0.25) is 0 Å². The number of halogens is 1. The van der Waals surface area contributed by atoms with Gasteiger partial charge in [0.25, 0.3) is 0 Å². The van der Waals surface area contributed by atoms with E-state index in [0.717, 1.165) is 16.3 Å². The van der Waals surface area contributed by atoms with E-state index in [1.165, 1.54) is 12.3 Å². The molecule has 2 rings (SSSR count). The van der Waals surface area contributed by atoms with Gasteiger partial charge in [-0.1, -0.05) is 0 Å². The Kier molecular flexibility index (Phi) is 6.09. The third-order valence-electron chi connectivity index (χ3n) is 3.17. The van der Waals surface area contributed by atoms with Crippen LogP contribution in [0.4, 0.5) is 10.2 Å². The molecule has 8 nitrogen and oxygen atoms in total. The monoisotopic (exact) mass is 381 g/mol. The van der Waals surface area contributed by atoms with E-state index in [-0.39, 0.29) is 12.4 Å². The van der Waals surface area contributed by atoms with Crippen LogP contribution in [0.15, 0.2) is 17.1 Å². The number of nitrogen functional groups attached to an aromatic ring is 1. The number of aromatic nitrogens is 2. The zero-order valence-electron chi connectivity index (χ0n) is 13.5. The number of aliphatic hydroxyl groups is 1. The Balaban J connectivity index is 2.02. The van der Waals surface area contributed by atoms with Crippen molar-refractivity contribution >= 4 is 25.8 Å². The molecule has 0 bridgehead atoms. The van der Waals surface area contributed by atoms with Crippen LogP contribution >= 0.6 is 20.0 Å². The van der Waals surface area contributed by atoms with Crippen LogP contribution < -0.4 is 11.4 Å². The largest absolute Gasteiger partial charge is 0.389 e. The van der Waals surface area contributed by atoms with Crippen molar-refractivity contribution in [1.29, 1.82) is 0 Å². The third kappa shape index (κ3) is 4.80. The van der Waals surface area contributed by atoms with Crippen molar-refractivity contribution in [2.24, 2.45) is 0 Å². The quantitative estimate of drug-likeness (QED) is 0.735. The highest BCUT2D eigenvalue weighted by atomic mass is 32.2. The minimum absolute atomic E-state index is 0.0352. The summed E-state index contributed by atoms with van der Waals surface area (Å²) >= 11 is 1.01. The predicted octanol–water partition coefficient (Wildman–Crippen LogP) is 1.36. The highest BCUT2D eigenvalue weighted by Crippen LogP contribution is 2.44. The summed E-state index contributed by atoms with van der Waals surface area (Å²) < 4.78 is 37.4. The second kappa shape index (κ2) is 7.53. The van der Waals surface area contributed by atoms with E-state index in [4.69, 9.17) is 14.8 Å². The van der Waals surface area contributed by atoms with Crippen LogP contribution in [0.5, 0.6) is 0 Å². The lowest BCUT2D eigenvalue weighted by Crippen LogP contribution is -2.33.